The molecule has 1 aromatic carbocycles. The third kappa shape index (κ3) is 3.10. The normalized spacial score (nSPS) is 16.1. The van der Waals surface area contributed by atoms with Gasteiger partial charge in [-0.05, 0) is 17.0 Å². The largest absolute Gasteiger partial charge is 0.340 e. The van der Waals surface area contributed by atoms with Crippen molar-refractivity contribution in [1.82, 2.24) is 10.2 Å². The first kappa shape index (κ1) is 13.1. The van der Waals surface area contributed by atoms with E-state index >= 15 is 0 Å². The first-order chi connectivity index (χ1) is 8.68. The van der Waals surface area contributed by atoms with Crippen LogP contribution in [0.1, 0.15) is 30.9 Å². The second kappa shape index (κ2) is 6.01. The third-order valence-corrected chi connectivity index (χ3v) is 3.49. The van der Waals surface area contributed by atoms with Crippen LogP contribution in [0.2, 0.25) is 0 Å². The van der Waals surface area contributed by atoms with Crippen molar-refractivity contribution in [2.75, 3.05) is 26.2 Å². The van der Waals surface area contributed by atoms with Crippen LogP contribution in [-0.4, -0.2) is 37.0 Å². The minimum atomic E-state index is 0.254. The summed E-state index contributed by atoms with van der Waals surface area (Å²) in [4.78, 5) is 14.2. The van der Waals surface area contributed by atoms with E-state index in [0.29, 0.717) is 12.3 Å². The summed E-state index contributed by atoms with van der Waals surface area (Å²) in [5.41, 5.74) is 2.47. The molecule has 1 aliphatic rings. The van der Waals surface area contributed by atoms with Gasteiger partial charge in [-0.15, -0.1) is 0 Å². The van der Waals surface area contributed by atoms with Gasteiger partial charge in [-0.25, -0.2) is 0 Å². The van der Waals surface area contributed by atoms with Crippen molar-refractivity contribution in [3.8, 4) is 0 Å². The van der Waals surface area contributed by atoms with E-state index in [1.165, 1.54) is 11.1 Å². The minimum Gasteiger partial charge on any atom is -0.340 e. The van der Waals surface area contributed by atoms with Crippen molar-refractivity contribution in [3.05, 3.63) is 35.4 Å². The number of hydrogen-bond donors (Lipinski definition) is 1. The van der Waals surface area contributed by atoms with Crippen molar-refractivity contribution >= 4 is 5.91 Å². The molecule has 0 spiro atoms. The van der Waals surface area contributed by atoms with E-state index in [-0.39, 0.29) is 5.91 Å². The molecule has 1 aliphatic heterocycles. The van der Waals surface area contributed by atoms with Crippen LogP contribution in [0.25, 0.3) is 0 Å². The van der Waals surface area contributed by atoms with Gasteiger partial charge in [-0.2, -0.15) is 0 Å². The van der Waals surface area contributed by atoms with Crippen molar-refractivity contribution < 1.29 is 4.79 Å². The molecule has 1 aromatic rings. The van der Waals surface area contributed by atoms with E-state index in [9.17, 15) is 4.79 Å². The zero-order chi connectivity index (χ0) is 13.0. The van der Waals surface area contributed by atoms with Crippen LogP contribution >= 0.6 is 0 Å². The lowest BCUT2D eigenvalue weighted by atomic mass is 9.95. The van der Waals surface area contributed by atoms with Gasteiger partial charge in [-0.1, -0.05) is 38.1 Å². The standard InChI is InChI=1S/C15H22N2O/c1-12(2)14-6-4-3-5-13(14)11-15(18)17-9-7-16-8-10-17/h3-6,12,16H,7-11H2,1-2H3. The zero-order valence-corrected chi connectivity index (χ0v) is 11.3. The molecule has 3 nitrogen and oxygen atoms in total. The highest BCUT2D eigenvalue weighted by Crippen LogP contribution is 2.20. The molecule has 3 heteroatoms. The maximum absolute atomic E-state index is 12.2. The molecule has 18 heavy (non-hydrogen) atoms. The molecule has 1 N–H and O–H groups in total. The summed E-state index contributed by atoms with van der Waals surface area (Å²) in [7, 11) is 0. The van der Waals surface area contributed by atoms with E-state index in [1.54, 1.807) is 0 Å². The van der Waals surface area contributed by atoms with Gasteiger partial charge in [0, 0.05) is 26.2 Å². The Morgan fingerprint density at radius 1 is 1.28 bits per heavy atom. The SMILES string of the molecule is CC(C)c1ccccc1CC(=O)N1CCNCC1. The highest BCUT2D eigenvalue weighted by Gasteiger charge is 2.17. The predicted octanol–water partition coefficient (Wildman–Crippen LogP) is 1.78. The van der Waals surface area contributed by atoms with Gasteiger partial charge in [0.15, 0.2) is 0 Å². The summed E-state index contributed by atoms with van der Waals surface area (Å²) >= 11 is 0. The number of amides is 1. The van der Waals surface area contributed by atoms with Crippen LogP contribution in [0.15, 0.2) is 24.3 Å². The van der Waals surface area contributed by atoms with Crippen LogP contribution in [0.4, 0.5) is 0 Å². The Morgan fingerprint density at radius 2 is 1.94 bits per heavy atom. The van der Waals surface area contributed by atoms with Crippen LogP contribution in [0.3, 0.4) is 0 Å². The number of nitrogens with one attached hydrogen (secondary N) is 1. The van der Waals surface area contributed by atoms with Crippen molar-refractivity contribution in [2.24, 2.45) is 0 Å². The maximum Gasteiger partial charge on any atom is 0.227 e. The van der Waals surface area contributed by atoms with E-state index < -0.39 is 0 Å². The fourth-order valence-corrected chi connectivity index (χ4v) is 2.45. The molecule has 98 valence electrons. The average Bonchev–Trinajstić information content (AvgIpc) is 2.40. The number of hydrogen-bond acceptors (Lipinski definition) is 2. The zero-order valence-electron chi connectivity index (χ0n) is 11.3. The van der Waals surface area contributed by atoms with E-state index in [1.807, 2.05) is 17.0 Å². The fraction of sp³-hybridized carbons (Fsp3) is 0.533. The molecule has 2 rings (SSSR count). The number of piperazine rings is 1. The number of rotatable bonds is 3. The number of nitrogens with zero attached hydrogens (tertiary/aromatic N) is 1. The Balaban J connectivity index is 2.06. The van der Waals surface area contributed by atoms with Crippen LogP contribution in [-0.2, 0) is 11.2 Å². The molecule has 1 saturated heterocycles. The second-order valence-electron chi connectivity index (χ2n) is 5.16. The molecule has 0 atom stereocenters. The molecule has 0 aliphatic carbocycles. The van der Waals surface area contributed by atoms with Crippen molar-refractivity contribution in [3.63, 3.8) is 0 Å². The number of carbonyl (C=O) groups is 1. The Hall–Kier alpha value is -1.35. The highest BCUT2D eigenvalue weighted by molar-refractivity contribution is 5.79. The van der Waals surface area contributed by atoms with Crippen molar-refractivity contribution in [2.45, 2.75) is 26.2 Å². The summed E-state index contributed by atoms with van der Waals surface area (Å²) < 4.78 is 0. The summed E-state index contributed by atoms with van der Waals surface area (Å²) in [6, 6.07) is 8.28. The Morgan fingerprint density at radius 3 is 2.61 bits per heavy atom. The first-order valence-electron chi connectivity index (χ1n) is 6.75. The van der Waals surface area contributed by atoms with E-state index in [4.69, 9.17) is 0 Å². The molecular weight excluding hydrogens is 224 g/mol. The lowest BCUT2D eigenvalue weighted by Crippen LogP contribution is -2.47. The number of benzene rings is 1. The molecule has 0 saturated carbocycles. The van der Waals surface area contributed by atoms with Gasteiger partial charge in [0.2, 0.25) is 5.91 Å². The Bertz CT molecular complexity index is 409. The summed E-state index contributed by atoms with van der Waals surface area (Å²) in [5.74, 6) is 0.724. The first-order valence-corrected chi connectivity index (χ1v) is 6.75. The molecule has 0 radical (unpaired) electrons. The van der Waals surface area contributed by atoms with E-state index in [2.05, 4.69) is 31.3 Å². The average molecular weight is 246 g/mol. The predicted molar refractivity (Wildman–Crippen MR) is 73.7 cm³/mol. The fourth-order valence-electron chi connectivity index (χ4n) is 2.45. The van der Waals surface area contributed by atoms with Crippen molar-refractivity contribution in [1.29, 1.82) is 0 Å². The molecule has 0 unspecified atom stereocenters. The summed E-state index contributed by atoms with van der Waals surface area (Å²) in [5, 5.41) is 3.27. The van der Waals surface area contributed by atoms with Gasteiger partial charge in [0.1, 0.15) is 0 Å². The monoisotopic (exact) mass is 246 g/mol. The molecule has 0 aromatic heterocycles. The van der Waals surface area contributed by atoms with Gasteiger partial charge in [0.05, 0.1) is 6.42 Å². The van der Waals surface area contributed by atoms with Gasteiger partial charge in [0.25, 0.3) is 0 Å². The molecular formula is C15H22N2O. The molecule has 0 bridgehead atoms. The second-order valence-corrected chi connectivity index (χ2v) is 5.16. The van der Waals surface area contributed by atoms with Crippen LogP contribution in [0, 0.1) is 0 Å². The van der Waals surface area contributed by atoms with Gasteiger partial charge >= 0.3 is 0 Å². The summed E-state index contributed by atoms with van der Waals surface area (Å²) in [6.45, 7) is 7.85. The quantitative estimate of drug-likeness (QED) is 0.882. The highest BCUT2D eigenvalue weighted by atomic mass is 16.2. The Labute approximate surface area is 109 Å². The molecule has 1 fully saturated rings. The van der Waals surface area contributed by atoms with E-state index in [0.717, 1.165) is 26.2 Å². The molecule has 1 amide bonds. The van der Waals surface area contributed by atoms with Gasteiger partial charge < -0.3 is 10.2 Å². The number of carbonyl (C=O) groups excluding carboxylic acids is 1. The van der Waals surface area contributed by atoms with Crippen LogP contribution < -0.4 is 5.32 Å². The topological polar surface area (TPSA) is 32.3 Å². The Kier molecular flexibility index (Phi) is 4.37. The lowest BCUT2D eigenvalue weighted by Gasteiger charge is -2.28. The maximum atomic E-state index is 12.2. The van der Waals surface area contributed by atoms with Gasteiger partial charge in [-0.3, -0.25) is 4.79 Å². The molecule has 1 heterocycles. The van der Waals surface area contributed by atoms with Crippen LogP contribution in [0.5, 0.6) is 0 Å². The smallest absolute Gasteiger partial charge is 0.227 e. The lowest BCUT2D eigenvalue weighted by molar-refractivity contribution is -0.131. The third-order valence-electron chi connectivity index (χ3n) is 3.49. The summed E-state index contributed by atoms with van der Waals surface area (Å²) in [6.07, 6.45) is 0.536. The minimum absolute atomic E-state index is 0.254.